The number of aromatic nitrogens is 2. The molecule has 0 saturated carbocycles. The van der Waals surface area contributed by atoms with Crippen LogP contribution in [-0.4, -0.2) is 28.1 Å². The van der Waals surface area contributed by atoms with Gasteiger partial charge in [0.1, 0.15) is 11.6 Å². The second-order valence-electron chi connectivity index (χ2n) is 5.56. The molecule has 0 amide bonds. The number of nitrogens with zero attached hydrogens (tertiary/aromatic N) is 3. The van der Waals surface area contributed by atoms with Crippen molar-refractivity contribution in [2.24, 2.45) is 0 Å². The molecule has 0 aliphatic carbocycles. The highest BCUT2D eigenvalue weighted by Crippen LogP contribution is 2.30. The van der Waals surface area contributed by atoms with Crippen molar-refractivity contribution in [2.45, 2.75) is 12.5 Å². The number of benzene rings is 1. The maximum atomic E-state index is 13.6. The van der Waals surface area contributed by atoms with E-state index in [4.69, 9.17) is 4.52 Å². The Morgan fingerprint density at radius 1 is 1.26 bits per heavy atom. The van der Waals surface area contributed by atoms with Crippen LogP contribution in [0.1, 0.15) is 17.4 Å². The van der Waals surface area contributed by atoms with Crippen molar-refractivity contribution in [3.05, 3.63) is 58.8 Å². The maximum Gasteiger partial charge on any atom is 0.232 e. The molecule has 3 heterocycles. The lowest BCUT2D eigenvalue weighted by Gasteiger charge is -2.37. The molecule has 23 heavy (non-hydrogen) atoms. The quantitative estimate of drug-likeness (QED) is 0.730. The molecular formula is C16H13F2N3OS. The molecule has 0 unspecified atom stereocenters. The van der Waals surface area contributed by atoms with Gasteiger partial charge in [0.2, 0.25) is 11.7 Å². The Bertz CT molecular complexity index is 813. The van der Waals surface area contributed by atoms with Crippen molar-refractivity contribution in [1.82, 2.24) is 15.0 Å². The minimum absolute atomic E-state index is 0.146. The van der Waals surface area contributed by atoms with E-state index in [9.17, 15) is 8.78 Å². The molecule has 0 spiro atoms. The number of hydrogen-bond donors (Lipinski definition) is 0. The summed E-state index contributed by atoms with van der Waals surface area (Å²) in [6.07, 6.45) is 0. The highest BCUT2D eigenvalue weighted by Gasteiger charge is 2.33. The normalized spacial score (nSPS) is 15.7. The summed E-state index contributed by atoms with van der Waals surface area (Å²) in [4.78, 5) is 7.42. The highest BCUT2D eigenvalue weighted by molar-refractivity contribution is 7.13. The average Bonchev–Trinajstić information content (AvgIpc) is 3.16. The van der Waals surface area contributed by atoms with E-state index in [0.29, 0.717) is 36.9 Å². The van der Waals surface area contributed by atoms with Crippen molar-refractivity contribution >= 4 is 11.3 Å². The minimum atomic E-state index is -0.420. The maximum absolute atomic E-state index is 13.6. The minimum Gasteiger partial charge on any atom is -0.339 e. The second-order valence-corrected chi connectivity index (χ2v) is 6.51. The summed E-state index contributed by atoms with van der Waals surface area (Å²) in [5, 5.41) is 5.95. The van der Waals surface area contributed by atoms with Crippen LogP contribution in [-0.2, 0) is 6.54 Å². The Morgan fingerprint density at radius 2 is 2.13 bits per heavy atom. The summed E-state index contributed by atoms with van der Waals surface area (Å²) in [6, 6.07) is 7.41. The van der Waals surface area contributed by atoms with Gasteiger partial charge < -0.3 is 4.52 Å². The van der Waals surface area contributed by atoms with Crippen LogP contribution in [0.4, 0.5) is 8.78 Å². The molecule has 7 heteroatoms. The monoisotopic (exact) mass is 333 g/mol. The molecule has 1 aliphatic heterocycles. The van der Waals surface area contributed by atoms with Crippen LogP contribution in [0, 0.1) is 11.6 Å². The fourth-order valence-corrected chi connectivity index (χ4v) is 3.32. The first-order chi connectivity index (χ1) is 11.2. The van der Waals surface area contributed by atoms with Gasteiger partial charge in [-0.2, -0.15) is 4.98 Å². The largest absolute Gasteiger partial charge is 0.339 e. The van der Waals surface area contributed by atoms with Gasteiger partial charge in [0, 0.05) is 25.2 Å². The molecule has 1 aliphatic rings. The van der Waals surface area contributed by atoms with Gasteiger partial charge in [0.15, 0.2) is 0 Å². The molecule has 0 bridgehead atoms. The summed E-state index contributed by atoms with van der Waals surface area (Å²) in [5.74, 6) is 0.547. The van der Waals surface area contributed by atoms with Crippen LogP contribution in [0.3, 0.4) is 0 Å². The lowest BCUT2D eigenvalue weighted by molar-refractivity contribution is 0.116. The Hall–Kier alpha value is -2.12. The first-order valence-electron chi connectivity index (χ1n) is 7.23. The van der Waals surface area contributed by atoms with Gasteiger partial charge in [-0.1, -0.05) is 11.2 Å². The van der Waals surface area contributed by atoms with E-state index in [-0.39, 0.29) is 11.7 Å². The Labute approximate surface area is 135 Å². The first-order valence-corrected chi connectivity index (χ1v) is 8.11. The molecule has 0 atom stereocenters. The van der Waals surface area contributed by atoms with E-state index >= 15 is 0 Å². The zero-order valence-electron chi connectivity index (χ0n) is 12.1. The predicted molar refractivity (Wildman–Crippen MR) is 82.0 cm³/mol. The van der Waals surface area contributed by atoms with Crippen LogP contribution in [0.5, 0.6) is 0 Å². The summed E-state index contributed by atoms with van der Waals surface area (Å²) in [7, 11) is 0. The Kier molecular flexibility index (Phi) is 3.66. The molecule has 4 nitrogen and oxygen atoms in total. The predicted octanol–water partition coefficient (Wildman–Crippen LogP) is 3.68. The van der Waals surface area contributed by atoms with E-state index in [1.807, 2.05) is 22.4 Å². The fraction of sp³-hybridized carbons (Fsp3) is 0.250. The number of hydrogen-bond acceptors (Lipinski definition) is 5. The van der Waals surface area contributed by atoms with Crippen LogP contribution >= 0.6 is 11.3 Å². The van der Waals surface area contributed by atoms with Crippen LogP contribution < -0.4 is 0 Å². The number of halogens is 2. The molecular weight excluding hydrogens is 320 g/mol. The molecule has 0 radical (unpaired) electrons. The molecule has 1 saturated heterocycles. The Morgan fingerprint density at radius 3 is 2.91 bits per heavy atom. The molecule has 4 rings (SSSR count). The lowest BCUT2D eigenvalue weighted by Crippen LogP contribution is -2.44. The van der Waals surface area contributed by atoms with E-state index < -0.39 is 5.82 Å². The molecule has 0 N–H and O–H groups in total. The van der Waals surface area contributed by atoms with Gasteiger partial charge in [0.25, 0.3) is 0 Å². The molecule has 3 aromatic rings. The third-order valence-electron chi connectivity index (χ3n) is 3.89. The number of rotatable bonds is 4. The summed E-state index contributed by atoms with van der Waals surface area (Å²) < 4.78 is 32.1. The highest BCUT2D eigenvalue weighted by atomic mass is 32.1. The molecule has 1 aromatic carbocycles. The van der Waals surface area contributed by atoms with Gasteiger partial charge in [-0.05, 0) is 29.6 Å². The first kappa shape index (κ1) is 14.5. The third kappa shape index (κ3) is 2.89. The van der Waals surface area contributed by atoms with E-state index in [0.717, 1.165) is 17.0 Å². The standard InChI is InChI=1S/C16H13F2N3OS/c17-12-3-4-13(18)10(6-12)7-21-8-11(9-21)16-19-15(20-22-16)14-2-1-5-23-14/h1-6,11H,7-9H2. The van der Waals surface area contributed by atoms with E-state index in [1.165, 1.54) is 6.07 Å². The van der Waals surface area contributed by atoms with Gasteiger partial charge in [-0.3, -0.25) is 4.90 Å². The van der Waals surface area contributed by atoms with Gasteiger partial charge in [0.05, 0.1) is 10.8 Å². The van der Waals surface area contributed by atoms with Gasteiger partial charge in [-0.15, -0.1) is 11.3 Å². The average molecular weight is 333 g/mol. The summed E-state index contributed by atoms with van der Waals surface area (Å²) in [5.41, 5.74) is 0.369. The zero-order valence-corrected chi connectivity index (χ0v) is 12.9. The third-order valence-corrected chi connectivity index (χ3v) is 4.76. The van der Waals surface area contributed by atoms with Crippen molar-refractivity contribution in [2.75, 3.05) is 13.1 Å². The van der Waals surface area contributed by atoms with Crippen molar-refractivity contribution in [3.8, 4) is 10.7 Å². The summed E-state index contributed by atoms with van der Waals surface area (Å²) in [6.45, 7) is 1.77. The number of likely N-dealkylation sites (tertiary alicyclic amines) is 1. The smallest absolute Gasteiger partial charge is 0.232 e. The second kappa shape index (κ2) is 5.82. The van der Waals surface area contributed by atoms with Gasteiger partial charge >= 0.3 is 0 Å². The summed E-state index contributed by atoms with van der Waals surface area (Å²) >= 11 is 1.56. The van der Waals surface area contributed by atoms with Crippen LogP contribution in [0.2, 0.25) is 0 Å². The topological polar surface area (TPSA) is 42.2 Å². The SMILES string of the molecule is Fc1ccc(F)c(CN2CC(c3nc(-c4cccs4)no3)C2)c1. The molecule has 2 aromatic heterocycles. The van der Waals surface area contributed by atoms with Gasteiger partial charge in [-0.25, -0.2) is 8.78 Å². The number of thiophene rings is 1. The fourth-order valence-electron chi connectivity index (χ4n) is 2.67. The van der Waals surface area contributed by atoms with E-state index in [1.54, 1.807) is 11.3 Å². The Balaban J connectivity index is 1.39. The van der Waals surface area contributed by atoms with Crippen molar-refractivity contribution in [3.63, 3.8) is 0 Å². The van der Waals surface area contributed by atoms with E-state index in [2.05, 4.69) is 10.1 Å². The molecule has 1 fully saturated rings. The van der Waals surface area contributed by atoms with Crippen molar-refractivity contribution in [1.29, 1.82) is 0 Å². The zero-order chi connectivity index (χ0) is 15.8. The molecule has 118 valence electrons. The lowest BCUT2D eigenvalue weighted by atomic mass is 9.99. The van der Waals surface area contributed by atoms with Crippen LogP contribution in [0.25, 0.3) is 10.7 Å². The van der Waals surface area contributed by atoms with Crippen molar-refractivity contribution < 1.29 is 13.3 Å². The van der Waals surface area contributed by atoms with Crippen LogP contribution in [0.15, 0.2) is 40.2 Å².